The molecule has 0 radical (unpaired) electrons. The molecule has 1 amide bonds. The van der Waals surface area contributed by atoms with E-state index >= 15 is 0 Å². The third-order valence-electron chi connectivity index (χ3n) is 3.06. The Morgan fingerprint density at radius 2 is 1.95 bits per heavy atom. The lowest BCUT2D eigenvalue weighted by Gasteiger charge is -2.19. The zero-order valence-electron chi connectivity index (χ0n) is 10.9. The average Bonchev–Trinajstić information content (AvgIpc) is 3.13. The first-order valence-corrected chi connectivity index (χ1v) is 6.37. The molecular weight excluding hydrogens is 244 g/mol. The van der Waals surface area contributed by atoms with E-state index in [0.717, 1.165) is 24.1 Å². The molecule has 1 aromatic rings. The zero-order chi connectivity index (χ0) is 13.8. The molecule has 1 fully saturated rings. The molecular formula is C14H18N2O3. The Bertz CT molecular complexity index is 466. The second-order valence-corrected chi connectivity index (χ2v) is 4.91. The molecule has 102 valence electrons. The molecule has 0 heterocycles. The molecule has 0 atom stereocenters. The molecule has 0 aromatic heterocycles. The SMILES string of the molecule is CC(=O)Nc1ccc(CN(CC(=O)O)C2CC2)cc1. The van der Waals surface area contributed by atoms with Gasteiger partial charge in [0.2, 0.25) is 5.91 Å². The van der Waals surface area contributed by atoms with Gasteiger partial charge in [0, 0.05) is 25.2 Å². The van der Waals surface area contributed by atoms with Gasteiger partial charge < -0.3 is 10.4 Å². The van der Waals surface area contributed by atoms with Crippen molar-refractivity contribution in [2.24, 2.45) is 0 Å². The number of anilines is 1. The van der Waals surface area contributed by atoms with E-state index in [1.165, 1.54) is 6.92 Å². The first-order valence-electron chi connectivity index (χ1n) is 6.37. The van der Waals surface area contributed by atoms with Crippen molar-refractivity contribution in [2.45, 2.75) is 32.4 Å². The van der Waals surface area contributed by atoms with E-state index < -0.39 is 5.97 Å². The van der Waals surface area contributed by atoms with Gasteiger partial charge in [-0.25, -0.2) is 0 Å². The van der Waals surface area contributed by atoms with E-state index in [1.807, 2.05) is 29.2 Å². The van der Waals surface area contributed by atoms with Crippen LogP contribution in [0.4, 0.5) is 5.69 Å². The van der Waals surface area contributed by atoms with Gasteiger partial charge in [-0.2, -0.15) is 0 Å². The van der Waals surface area contributed by atoms with Crippen molar-refractivity contribution in [3.05, 3.63) is 29.8 Å². The van der Waals surface area contributed by atoms with Crippen LogP contribution < -0.4 is 5.32 Å². The minimum atomic E-state index is -0.790. The summed E-state index contributed by atoms with van der Waals surface area (Å²) in [6, 6.07) is 7.92. The fourth-order valence-corrected chi connectivity index (χ4v) is 2.06. The highest BCUT2D eigenvalue weighted by Crippen LogP contribution is 2.28. The standard InChI is InChI=1S/C14H18N2O3/c1-10(17)15-12-4-2-11(3-5-12)8-16(9-14(18)19)13-6-7-13/h2-5,13H,6-9H2,1H3,(H,15,17)(H,18,19). The molecule has 1 aliphatic rings. The van der Waals surface area contributed by atoms with Crippen LogP contribution in [-0.2, 0) is 16.1 Å². The van der Waals surface area contributed by atoms with E-state index in [0.29, 0.717) is 12.6 Å². The monoisotopic (exact) mass is 262 g/mol. The predicted molar refractivity (Wildman–Crippen MR) is 71.8 cm³/mol. The fourth-order valence-electron chi connectivity index (χ4n) is 2.06. The minimum Gasteiger partial charge on any atom is -0.480 e. The molecule has 0 bridgehead atoms. The van der Waals surface area contributed by atoms with Crippen molar-refractivity contribution in [3.63, 3.8) is 0 Å². The van der Waals surface area contributed by atoms with Crippen LogP contribution in [0.15, 0.2) is 24.3 Å². The Kier molecular flexibility index (Phi) is 4.16. The number of nitrogens with zero attached hydrogens (tertiary/aromatic N) is 1. The molecule has 1 saturated carbocycles. The summed E-state index contributed by atoms with van der Waals surface area (Å²) in [4.78, 5) is 23.7. The summed E-state index contributed by atoms with van der Waals surface area (Å²) in [5, 5.41) is 11.6. The molecule has 0 unspecified atom stereocenters. The molecule has 1 aliphatic carbocycles. The summed E-state index contributed by atoms with van der Waals surface area (Å²) < 4.78 is 0. The highest BCUT2D eigenvalue weighted by atomic mass is 16.4. The number of hydrogen-bond donors (Lipinski definition) is 2. The van der Waals surface area contributed by atoms with Crippen molar-refractivity contribution < 1.29 is 14.7 Å². The van der Waals surface area contributed by atoms with Crippen molar-refractivity contribution in [1.82, 2.24) is 4.90 Å². The summed E-state index contributed by atoms with van der Waals surface area (Å²) >= 11 is 0. The maximum Gasteiger partial charge on any atom is 0.317 e. The quantitative estimate of drug-likeness (QED) is 0.818. The summed E-state index contributed by atoms with van der Waals surface area (Å²) in [5.41, 5.74) is 1.81. The van der Waals surface area contributed by atoms with Crippen LogP contribution in [0.3, 0.4) is 0 Å². The first kappa shape index (κ1) is 13.5. The second-order valence-electron chi connectivity index (χ2n) is 4.91. The first-order chi connectivity index (χ1) is 9.04. The predicted octanol–water partition coefficient (Wildman–Crippen LogP) is 1.69. The largest absolute Gasteiger partial charge is 0.480 e. The van der Waals surface area contributed by atoms with Gasteiger partial charge in [-0.1, -0.05) is 12.1 Å². The smallest absolute Gasteiger partial charge is 0.317 e. The van der Waals surface area contributed by atoms with Crippen LogP contribution in [0.5, 0.6) is 0 Å². The lowest BCUT2D eigenvalue weighted by atomic mass is 10.2. The van der Waals surface area contributed by atoms with Crippen LogP contribution in [0.2, 0.25) is 0 Å². The molecule has 2 rings (SSSR count). The van der Waals surface area contributed by atoms with Crippen LogP contribution in [0.25, 0.3) is 0 Å². The third-order valence-corrected chi connectivity index (χ3v) is 3.06. The topological polar surface area (TPSA) is 69.6 Å². The zero-order valence-corrected chi connectivity index (χ0v) is 10.9. The van der Waals surface area contributed by atoms with Crippen molar-refractivity contribution in [2.75, 3.05) is 11.9 Å². The van der Waals surface area contributed by atoms with Gasteiger partial charge in [-0.3, -0.25) is 14.5 Å². The Balaban J connectivity index is 1.97. The van der Waals surface area contributed by atoms with Gasteiger partial charge in [-0.15, -0.1) is 0 Å². The molecule has 0 spiro atoms. The maximum atomic E-state index is 10.9. The normalized spacial score (nSPS) is 14.4. The minimum absolute atomic E-state index is 0.0815. The van der Waals surface area contributed by atoms with Gasteiger partial charge >= 0.3 is 5.97 Å². The summed E-state index contributed by atoms with van der Waals surface area (Å²) in [7, 11) is 0. The Morgan fingerprint density at radius 3 is 2.42 bits per heavy atom. The van der Waals surface area contributed by atoms with Gasteiger partial charge in [0.15, 0.2) is 0 Å². The number of carbonyl (C=O) groups excluding carboxylic acids is 1. The molecule has 19 heavy (non-hydrogen) atoms. The number of nitrogens with one attached hydrogen (secondary N) is 1. The van der Waals surface area contributed by atoms with Crippen molar-refractivity contribution in [3.8, 4) is 0 Å². The lowest BCUT2D eigenvalue weighted by molar-refractivity contribution is -0.138. The number of amides is 1. The van der Waals surface area contributed by atoms with Gasteiger partial charge in [-0.05, 0) is 30.5 Å². The lowest BCUT2D eigenvalue weighted by Crippen LogP contribution is -2.31. The van der Waals surface area contributed by atoms with E-state index in [2.05, 4.69) is 5.32 Å². The average molecular weight is 262 g/mol. The Labute approximate surface area is 112 Å². The van der Waals surface area contributed by atoms with Crippen LogP contribution in [-0.4, -0.2) is 34.5 Å². The fraction of sp³-hybridized carbons (Fsp3) is 0.429. The Morgan fingerprint density at radius 1 is 1.32 bits per heavy atom. The van der Waals surface area contributed by atoms with Gasteiger partial charge in [0.25, 0.3) is 0 Å². The second kappa shape index (κ2) is 5.84. The number of carbonyl (C=O) groups is 2. The third kappa shape index (κ3) is 4.37. The summed E-state index contributed by atoms with van der Waals surface area (Å²) in [5.74, 6) is -0.889. The number of benzene rings is 1. The van der Waals surface area contributed by atoms with Crippen LogP contribution in [0.1, 0.15) is 25.3 Å². The number of carboxylic acid groups (broad SMARTS) is 1. The molecule has 2 N–H and O–H groups in total. The van der Waals surface area contributed by atoms with Crippen molar-refractivity contribution >= 4 is 17.6 Å². The number of aliphatic carboxylic acids is 1. The molecule has 1 aromatic carbocycles. The van der Waals surface area contributed by atoms with Gasteiger partial charge in [0.05, 0.1) is 6.54 Å². The van der Waals surface area contributed by atoms with Crippen LogP contribution in [0, 0.1) is 0 Å². The summed E-state index contributed by atoms with van der Waals surface area (Å²) in [6.07, 6.45) is 2.16. The molecule has 5 nitrogen and oxygen atoms in total. The number of carboxylic acids is 1. The highest BCUT2D eigenvalue weighted by molar-refractivity contribution is 5.88. The maximum absolute atomic E-state index is 10.9. The van der Waals surface area contributed by atoms with E-state index in [9.17, 15) is 9.59 Å². The molecule has 0 saturated heterocycles. The van der Waals surface area contributed by atoms with E-state index in [-0.39, 0.29) is 12.5 Å². The van der Waals surface area contributed by atoms with E-state index in [4.69, 9.17) is 5.11 Å². The summed E-state index contributed by atoms with van der Waals surface area (Å²) in [6.45, 7) is 2.19. The van der Waals surface area contributed by atoms with E-state index in [1.54, 1.807) is 0 Å². The molecule has 5 heteroatoms. The Hall–Kier alpha value is -1.88. The highest BCUT2D eigenvalue weighted by Gasteiger charge is 2.30. The molecule has 0 aliphatic heterocycles. The van der Waals surface area contributed by atoms with Gasteiger partial charge in [0.1, 0.15) is 0 Å². The number of hydrogen-bond acceptors (Lipinski definition) is 3. The van der Waals surface area contributed by atoms with Crippen LogP contribution >= 0.6 is 0 Å². The van der Waals surface area contributed by atoms with Crippen molar-refractivity contribution in [1.29, 1.82) is 0 Å². The number of rotatable bonds is 6.